The minimum atomic E-state index is 0.367. The standard InChI is InChI=1S/C9H12O/c1-6-4-7-2-3-8(5-6)9(7)10/h7-8H,1-5H2. The van der Waals surface area contributed by atoms with Gasteiger partial charge in [0.25, 0.3) is 0 Å². The molecular formula is C9H12O. The second-order valence-electron chi connectivity index (χ2n) is 3.53. The first-order valence-electron chi connectivity index (χ1n) is 3.98. The molecule has 0 amide bonds. The average molecular weight is 136 g/mol. The summed E-state index contributed by atoms with van der Waals surface area (Å²) >= 11 is 0. The van der Waals surface area contributed by atoms with E-state index < -0.39 is 0 Å². The minimum Gasteiger partial charge on any atom is -0.299 e. The van der Waals surface area contributed by atoms with Gasteiger partial charge in [-0.1, -0.05) is 12.2 Å². The van der Waals surface area contributed by atoms with E-state index in [1.807, 2.05) is 0 Å². The third-order valence-electron chi connectivity index (χ3n) is 2.74. The lowest BCUT2D eigenvalue weighted by molar-refractivity contribution is -0.124. The zero-order valence-corrected chi connectivity index (χ0v) is 6.10. The fraction of sp³-hybridized carbons (Fsp3) is 0.667. The van der Waals surface area contributed by atoms with Crippen molar-refractivity contribution >= 4 is 5.78 Å². The number of Topliss-reactive ketones (excluding diaryl/α,β-unsaturated/α-hetero) is 1. The normalized spacial score (nSPS) is 38.8. The van der Waals surface area contributed by atoms with Crippen molar-refractivity contribution in [2.24, 2.45) is 11.8 Å². The Labute approximate surface area is 61.1 Å². The summed E-state index contributed by atoms with van der Waals surface area (Å²) in [5.41, 5.74) is 1.30. The molecule has 10 heavy (non-hydrogen) atoms. The lowest BCUT2D eigenvalue weighted by atomic mass is 9.85. The van der Waals surface area contributed by atoms with Crippen LogP contribution in [-0.4, -0.2) is 5.78 Å². The second-order valence-corrected chi connectivity index (χ2v) is 3.53. The summed E-state index contributed by atoms with van der Waals surface area (Å²) in [5, 5.41) is 0. The van der Waals surface area contributed by atoms with Gasteiger partial charge in [-0.25, -0.2) is 0 Å². The Kier molecular flexibility index (Phi) is 1.19. The van der Waals surface area contributed by atoms with E-state index in [-0.39, 0.29) is 0 Å². The molecule has 0 spiro atoms. The topological polar surface area (TPSA) is 17.1 Å². The molecule has 2 unspecified atom stereocenters. The number of fused-ring (bicyclic) bond motifs is 2. The van der Waals surface area contributed by atoms with Crippen LogP contribution in [0.2, 0.25) is 0 Å². The molecule has 2 aliphatic carbocycles. The second kappa shape index (κ2) is 1.94. The molecule has 2 rings (SSSR count). The Bertz CT molecular complexity index is 175. The van der Waals surface area contributed by atoms with E-state index in [2.05, 4.69) is 6.58 Å². The molecular weight excluding hydrogens is 124 g/mol. The highest BCUT2D eigenvalue weighted by Gasteiger charge is 2.38. The van der Waals surface area contributed by atoms with Gasteiger partial charge in [0.15, 0.2) is 0 Å². The first-order chi connectivity index (χ1) is 4.77. The predicted octanol–water partition coefficient (Wildman–Crippen LogP) is 1.93. The Morgan fingerprint density at radius 1 is 1.20 bits per heavy atom. The van der Waals surface area contributed by atoms with Gasteiger partial charge in [0.2, 0.25) is 0 Å². The zero-order valence-electron chi connectivity index (χ0n) is 6.10. The highest BCUT2D eigenvalue weighted by molar-refractivity contribution is 5.87. The van der Waals surface area contributed by atoms with Crippen LogP contribution in [0, 0.1) is 11.8 Å². The van der Waals surface area contributed by atoms with Crippen molar-refractivity contribution in [1.82, 2.24) is 0 Å². The summed E-state index contributed by atoms with van der Waals surface area (Å²) in [4.78, 5) is 11.3. The van der Waals surface area contributed by atoms with Crippen molar-refractivity contribution in [2.75, 3.05) is 0 Å². The van der Waals surface area contributed by atoms with E-state index in [0.29, 0.717) is 17.6 Å². The number of hydrogen-bond donors (Lipinski definition) is 0. The van der Waals surface area contributed by atoms with Crippen LogP contribution in [0.4, 0.5) is 0 Å². The van der Waals surface area contributed by atoms with E-state index >= 15 is 0 Å². The molecule has 2 saturated carbocycles. The summed E-state index contributed by atoms with van der Waals surface area (Å²) in [5.74, 6) is 1.25. The molecule has 0 N–H and O–H groups in total. The molecule has 2 fully saturated rings. The molecule has 54 valence electrons. The fourth-order valence-electron chi connectivity index (χ4n) is 2.21. The molecule has 0 aromatic rings. The summed E-state index contributed by atoms with van der Waals surface area (Å²) in [7, 11) is 0. The maximum Gasteiger partial charge on any atom is 0.139 e. The quantitative estimate of drug-likeness (QED) is 0.465. The Balaban J connectivity index is 2.24. The Morgan fingerprint density at radius 2 is 1.70 bits per heavy atom. The van der Waals surface area contributed by atoms with Crippen LogP contribution in [0.3, 0.4) is 0 Å². The molecule has 0 aromatic carbocycles. The van der Waals surface area contributed by atoms with Crippen LogP contribution >= 0.6 is 0 Å². The number of allylic oxidation sites excluding steroid dienone is 1. The molecule has 0 radical (unpaired) electrons. The van der Waals surface area contributed by atoms with Gasteiger partial charge in [-0.15, -0.1) is 0 Å². The van der Waals surface area contributed by atoms with Gasteiger partial charge in [-0.2, -0.15) is 0 Å². The van der Waals surface area contributed by atoms with Crippen molar-refractivity contribution in [3.8, 4) is 0 Å². The maximum absolute atomic E-state index is 11.3. The smallest absolute Gasteiger partial charge is 0.139 e. The molecule has 1 nitrogen and oxygen atoms in total. The largest absolute Gasteiger partial charge is 0.299 e. The lowest BCUT2D eigenvalue weighted by Gasteiger charge is -2.18. The summed E-state index contributed by atoms with van der Waals surface area (Å²) in [6, 6.07) is 0. The average Bonchev–Trinajstić information content (AvgIpc) is 2.20. The highest BCUT2D eigenvalue weighted by atomic mass is 16.1. The Hall–Kier alpha value is -0.590. The number of hydrogen-bond acceptors (Lipinski definition) is 1. The minimum absolute atomic E-state index is 0.367. The van der Waals surface area contributed by atoms with Crippen LogP contribution in [-0.2, 0) is 4.79 Å². The van der Waals surface area contributed by atoms with Gasteiger partial charge in [-0.3, -0.25) is 4.79 Å². The van der Waals surface area contributed by atoms with E-state index in [4.69, 9.17) is 0 Å². The van der Waals surface area contributed by atoms with Crippen LogP contribution in [0.5, 0.6) is 0 Å². The van der Waals surface area contributed by atoms with Gasteiger partial charge in [-0.05, 0) is 25.7 Å². The first-order valence-corrected chi connectivity index (χ1v) is 3.98. The third kappa shape index (κ3) is 0.731. The molecule has 0 heterocycles. The van der Waals surface area contributed by atoms with Gasteiger partial charge >= 0.3 is 0 Å². The number of ketones is 1. The SMILES string of the molecule is C=C1CC2CCC(C1)C2=O. The predicted molar refractivity (Wildman–Crippen MR) is 39.6 cm³/mol. The molecule has 0 aromatic heterocycles. The van der Waals surface area contributed by atoms with Gasteiger partial charge in [0.1, 0.15) is 5.78 Å². The van der Waals surface area contributed by atoms with Gasteiger partial charge in [0, 0.05) is 11.8 Å². The highest BCUT2D eigenvalue weighted by Crippen LogP contribution is 2.40. The number of carbonyl (C=O) groups is 1. The molecule has 0 saturated heterocycles. The van der Waals surface area contributed by atoms with E-state index in [1.165, 1.54) is 5.57 Å². The van der Waals surface area contributed by atoms with E-state index in [0.717, 1.165) is 25.7 Å². The van der Waals surface area contributed by atoms with E-state index in [9.17, 15) is 4.79 Å². The number of carbonyl (C=O) groups excluding carboxylic acids is 1. The van der Waals surface area contributed by atoms with Crippen LogP contribution in [0.25, 0.3) is 0 Å². The lowest BCUT2D eigenvalue weighted by Crippen LogP contribution is -2.20. The fourth-order valence-corrected chi connectivity index (χ4v) is 2.21. The van der Waals surface area contributed by atoms with Gasteiger partial charge in [0.05, 0.1) is 0 Å². The third-order valence-corrected chi connectivity index (χ3v) is 2.74. The van der Waals surface area contributed by atoms with Crippen molar-refractivity contribution in [3.63, 3.8) is 0 Å². The first kappa shape index (κ1) is 6.14. The monoisotopic (exact) mass is 136 g/mol. The summed E-state index contributed by atoms with van der Waals surface area (Å²) in [6.07, 6.45) is 4.22. The zero-order chi connectivity index (χ0) is 7.14. The van der Waals surface area contributed by atoms with Crippen molar-refractivity contribution in [1.29, 1.82) is 0 Å². The van der Waals surface area contributed by atoms with Crippen LogP contribution in [0.1, 0.15) is 25.7 Å². The van der Waals surface area contributed by atoms with E-state index in [1.54, 1.807) is 0 Å². The maximum atomic E-state index is 11.3. The van der Waals surface area contributed by atoms with Crippen molar-refractivity contribution in [3.05, 3.63) is 12.2 Å². The van der Waals surface area contributed by atoms with Crippen molar-refractivity contribution in [2.45, 2.75) is 25.7 Å². The summed E-state index contributed by atoms with van der Waals surface area (Å²) in [6.45, 7) is 3.94. The molecule has 0 aliphatic heterocycles. The molecule has 2 atom stereocenters. The Morgan fingerprint density at radius 3 is 2.20 bits per heavy atom. The van der Waals surface area contributed by atoms with Gasteiger partial charge < -0.3 is 0 Å². The molecule has 2 aliphatic rings. The molecule has 2 bridgehead atoms. The van der Waals surface area contributed by atoms with Crippen LogP contribution < -0.4 is 0 Å². The molecule has 1 heteroatoms. The van der Waals surface area contributed by atoms with Crippen LogP contribution in [0.15, 0.2) is 12.2 Å². The number of rotatable bonds is 0. The summed E-state index contributed by atoms with van der Waals surface area (Å²) < 4.78 is 0. The van der Waals surface area contributed by atoms with Crippen molar-refractivity contribution < 1.29 is 4.79 Å².